The van der Waals surface area contributed by atoms with Crippen molar-refractivity contribution in [1.82, 2.24) is 9.88 Å². The summed E-state index contributed by atoms with van der Waals surface area (Å²) in [7, 11) is 2.46. The molecule has 0 amide bonds. The molecule has 1 aromatic carbocycles. The summed E-state index contributed by atoms with van der Waals surface area (Å²) in [4.78, 5) is 28.6. The fourth-order valence-corrected chi connectivity index (χ4v) is 4.29. The number of halogens is 3. The number of allylic oxidation sites excluding steroid dienone is 1. The first-order valence-corrected chi connectivity index (χ1v) is 11.4. The second-order valence-corrected chi connectivity index (χ2v) is 8.73. The van der Waals surface area contributed by atoms with Gasteiger partial charge < -0.3 is 18.9 Å². The molecule has 2 aromatic rings. The summed E-state index contributed by atoms with van der Waals surface area (Å²) in [5.74, 6) is -0.442. The molecule has 0 aliphatic carbocycles. The summed E-state index contributed by atoms with van der Waals surface area (Å²) in [5, 5.41) is 0.324. The third-order valence-corrected chi connectivity index (χ3v) is 6.33. The van der Waals surface area contributed by atoms with Crippen molar-refractivity contribution in [1.29, 1.82) is 0 Å². The van der Waals surface area contributed by atoms with E-state index >= 15 is 0 Å². The van der Waals surface area contributed by atoms with E-state index in [2.05, 4.69) is 14.5 Å². The van der Waals surface area contributed by atoms with Gasteiger partial charge in [0.2, 0.25) is 0 Å². The fraction of sp³-hybridized carbons (Fsp3) is 0.435. The van der Waals surface area contributed by atoms with Gasteiger partial charge in [-0.2, -0.15) is 13.2 Å². The Morgan fingerprint density at radius 1 is 1.26 bits per heavy atom. The van der Waals surface area contributed by atoms with Gasteiger partial charge in [0.05, 0.1) is 19.9 Å². The van der Waals surface area contributed by atoms with E-state index in [1.54, 1.807) is 11.8 Å². The van der Waals surface area contributed by atoms with E-state index in [0.29, 0.717) is 17.8 Å². The maximum atomic E-state index is 13.0. The maximum Gasteiger partial charge on any atom is 0.511 e. The van der Waals surface area contributed by atoms with E-state index in [0.717, 1.165) is 23.8 Å². The van der Waals surface area contributed by atoms with E-state index in [1.807, 2.05) is 31.2 Å². The fourth-order valence-electron chi connectivity index (χ4n) is 3.56. The van der Waals surface area contributed by atoms with Crippen LogP contribution in [0.4, 0.5) is 18.0 Å². The monoisotopic (exact) mass is 514 g/mol. The number of aromatic nitrogens is 1. The van der Waals surface area contributed by atoms with E-state index in [-0.39, 0.29) is 18.3 Å². The first-order chi connectivity index (χ1) is 16.5. The average molecular weight is 515 g/mol. The SMILES string of the molecule is COC(=O)C=C(C)c1ccc(CC(C)N2CC(c3csc(C(F)(F)F)n3)OC2OC(=O)OC)cc1. The van der Waals surface area contributed by atoms with Crippen LogP contribution < -0.4 is 0 Å². The quantitative estimate of drug-likeness (QED) is 0.384. The zero-order valence-electron chi connectivity index (χ0n) is 19.5. The molecule has 8 nitrogen and oxygen atoms in total. The molecule has 1 aliphatic rings. The van der Waals surface area contributed by atoms with Crippen molar-refractivity contribution >= 4 is 29.0 Å². The largest absolute Gasteiger partial charge is 0.511 e. The predicted octanol–water partition coefficient (Wildman–Crippen LogP) is 4.81. The van der Waals surface area contributed by atoms with Gasteiger partial charge in [0.25, 0.3) is 6.41 Å². The van der Waals surface area contributed by atoms with E-state index in [4.69, 9.17) is 9.47 Å². The predicted molar refractivity (Wildman–Crippen MR) is 120 cm³/mol. The first-order valence-electron chi connectivity index (χ1n) is 10.6. The van der Waals surface area contributed by atoms with Crippen LogP contribution in [-0.4, -0.2) is 55.2 Å². The number of rotatable bonds is 7. The molecule has 1 aliphatic heterocycles. The van der Waals surface area contributed by atoms with E-state index in [9.17, 15) is 22.8 Å². The van der Waals surface area contributed by atoms with Gasteiger partial charge in [-0.05, 0) is 37.0 Å². The highest BCUT2D eigenvalue weighted by atomic mass is 32.1. The number of nitrogens with zero attached hydrogens (tertiary/aromatic N) is 2. The summed E-state index contributed by atoms with van der Waals surface area (Å²) in [5.41, 5.74) is 2.68. The van der Waals surface area contributed by atoms with Crippen LogP contribution in [0.2, 0.25) is 0 Å². The Morgan fingerprint density at radius 3 is 2.51 bits per heavy atom. The lowest BCUT2D eigenvalue weighted by atomic mass is 10.0. The third-order valence-electron chi connectivity index (χ3n) is 5.43. The van der Waals surface area contributed by atoms with Gasteiger partial charge >= 0.3 is 18.3 Å². The van der Waals surface area contributed by atoms with Crippen LogP contribution in [0.25, 0.3) is 5.57 Å². The molecule has 12 heteroatoms. The van der Waals surface area contributed by atoms with Gasteiger partial charge in [-0.15, -0.1) is 11.3 Å². The zero-order valence-corrected chi connectivity index (χ0v) is 20.3. The third kappa shape index (κ3) is 6.80. The molecule has 0 saturated carbocycles. The number of ether oxygens (including phenoxy) is 4. The van der Waals surface area contributed by atoms with Gasteiger partial charge in [0, 0.05) is 24.0 Å². The number of carbonyl (C=O) groups excluding carboxylic acids is 2. The highest BCUT2D eigenvalue weighted by molar-refractivity contribution is 7.09. The minimum Gasteiger partial charge on any atom is -0.466 e. The molecule has 190 valence electrons. The number of carbonyl (C=O) groups is 2. The van der Waals surface area contributed by atoms with Crippen LogP contribution in [0.5, 0.6) is 0 Å². The van der Waals surface area contributed by atoms with Crippen molar-refractivity contribution in [3.8, 4) is 0 Å². The summed E-state index contributed by atoms with van der Waals surface area (Å²) in [6.07, 6.45) is -5.55. The van der Waals surface area contributed by atoms with E-state index in [1.165, 1.54) is 18.6 Å². The van der Waals surface area contributed by atoms with Crippen molar-refractivity contribution in [2.24, 2.45) is 0 Å². The van der Waals surface area contributed by atoms with Gasteiger partial charge in [0.1, 0.15) is 6.10 Å². The molecule has 0 radical (unpaired) electrons. The van der Waals surface area contributed by atoms with Crippen LogP contribution in [-0.2, 0) is 36.3 Å². The maximum absolute atomic E-state index is 13.0. The van der Waals surface area contributed by atoms with Gasteiger partial charge in [-0.3, -0.25) is 0 Å². The van der Waals surface area contributed by atoms with Crippen LogP contribution >= 0.6 is 11.3 Å². The molecule has 0 bridgehead atoms. The number of hydrogen-bond acceptors (Lipinski definition) is 9. The zero-order chi connectivity index (χ0) is 25.8. The Morgan fingerprint density at radius 2 is 1.94 bits per heavy atom. The lowest BCUT2D eigenvalue weighted by molar-refractivity contribution is -0.172. The molecular weight excluding hydrogens is 489 g/mol. The summed E-state index contributed by atoms with van der Waals surface area (Å²) >= 11 is 0.483. The molecule has 3 atom stereocenters. The van der Waals surface area contributed by atoms with Crippen molar-refractivity contribution in [3.05, 3.63) is 57.6 Å². The standard InChI is InChI=1S/C23H25F3N2O6S/c1-13(9-19(29)31-3)16-7-5-15(6-8-16)10-14(2)28-11-18(33-21(28)34-22(30)32-4)17-12-35-20(27-17)23(24,25)26/h5-9,12,14,18,21H,10-11H2,1-4H3. The van der Waals surface area contributed by atoms with Crippen LogP contribution in [0.15, 0.2) is 35.7 Å². The minimum atomic E-state index is -4.55. The second-order valence-electron chi connectivity index (χ2n) is 7.88. The molecule has 1 fully saturated rings. The first kappa shape index (κ1) is 26.6. The Labute approximate surface area is 204 Å². The number of alkyl halides is 3. The minimum absolute atomic E-state index is 0.118. The summed E-state index contributed by atoms with van der Waals surface area (Å²) < 4.78 is 59.1. The second kappa shape index (κ2) is 11.2. The molecular formula is C23H25F3N2O6S. The smallest absolute Gasteiger partial charge is 0.466 e. The molecule has 1 saturated heterocycles. The number of benzene rings is 1. The highest BCUT2D eigenvalue weighted by Gasteiger charge is 2.42. The van der Waals surface area contributed by atoms with Gasteiger partial charge in [0.15, 0.2) is 5.01 Å². The van der Waals surface area contributed by atoms with Crippen LogP contribution in [0.3, 0.4) is 0 Å². The van der Waals surface area contributed by atoms with Crippen molar-refractivity contribution in [2.45, 2.75) is 45.0 Å². The van der Waals surface area contributed by atoms with E-state index < -0.39 is 35.8 Å². The Hall–Kier alpha value is -2.96. The molecule has 0 N–H and O–H groups in total. The molecule has 3 unspecified atom stereocenters. The Kier molecular flexibility index (Phi) is 8.51. The molecule has 1 aromatic heterocycles. The highest BCUT2D eigenvalue weighted by Crippen LogP contribution is 2.37. The molecule has 3 rings (SSSR count). The molecule has 0 spiro atoms. The normalized spacial score (nSPS) is 19.9. The van der Waals surface area contributed by atoms with Gasteiger partial charge in [-0.25, -0.2) is 19.5 Å². The lowest BCUT2D eigenvalue weighted by Crippen LogP contribution is -2.41. The Balaban J connectivity index is 1.73. The number of methoxy groups -OCH3 is 2. The number of thiazole rings is 1. The number of hydrogen-bond donors (Lipinski definition) is 0. The van der Waals surface area contributed by atoms with Gasteiger partial charge in [-0.1, -0.05) is 24.3 Å². The van der Waals surface area contributed by atoms with Crippen LogP contribution in [0, 0.1) is 0 Å². The number of esters is 1. The summed E-state index contributed by atoms with van der Waals surface area (Å²) in [6, 6.07) is 7.34. The molecule has 35 heavy (non-hydrogen) atoms. The van der Waals surface area contributed by atoms with Crippen LogP contribution in [0.1, 0.15) is 41.8 Å². The topological polar surface area (TPSA) is 87.2 Å². The van der Waals surface area contributed by atoms with Crippen molar-refractivity contribution < 1.29 is 41.7 Å². The van der Waals surface area contributed by atoms with Crippen molar-refractivity contribution in [2.75, 3.05) is 20.8 Å². The average Bonchev–Trinajstić information content (AvgIpc) is 3.47. The molecule has 2 heterocycles. The summed E-state index contributed by atoms with van der Waals surface area (Å²) in [6.45, 7) is 3.86. The van der Waals surface area contributed by atoms with Crippen molar-refractivity contribution in [3.63, 3.8) is 0 Å². The Bertz CT molecular complexity index is 1070. The lowest BCUT2D eigenvalue weighted by Gasteiger charge is -2.27.